The van der Waals surface area contributed by atoms with E-state index < -0.39 is 12.0 Å². The van der Waals surface area contributed by atoms with E-state index in [1.165, 1.54) is 24.5 Å². The van der Waals surface area contributed by atoms with E-state index in [1.807, 2.05) is 42.5 Å². The number of carbonyl (C=O) groups is 1. The Balaban J connectivity index is 1.78. The Morgan fingerprint density at radius 3 is 2.72 bits per heavy atom. The molecule has 0 amide bonds. The molecule has 7 nitrogen and oxygen atoms in total. The minimum atomic E-state index is -0.692. The molecule has 1 atom stereocenters. The number of aromatic nitrogens is 1. The van der Waals surface area contributed by atoms with Gasteiger partial charge in [-0.05, 0) is 54.0 Å². The molecule has 0 saturated heterocycles. The number of hydrogen-bond acceptors (Lipinski definition) is 7. The van der Waals surface area contributed by atoms with E-state index in [0.717, 1.165) is 16.3 Å². The van der Waals surface area contributed by atoms with Crippen molar-refractivity contribution in [2.45, 2.75) is 19.9 Å². The number of allylic oxidation sites excluding steroid dienone is 1. The zero-order valence-corrected chi connectivity index (χ0v) is 20.8. The molecule has 1 aromatic heterocycles. The fourth-order valence-electron chi connectivity index (χ4n) is 4.51. The summed E-state index contributed by atoms with van der Waals surface area (Å²) in [6.07, 6.45) is 1.73. The Hall–Kier alpha value is -4.17. The predicted molar refractivity (Wildman–Crippen MR) is 139 cm³/mol. The summed E-state index contributed by atoms with van der Waals surface area (Å²) in [5.74, 6) is -0.165. The molecule has 36 heavy (non-hydrogen) atoms. The number of rotatable bonds is 5. The molecule has 5 rings (SSSR count). The molecule has 0 aliphatic carbocycles. The number of methoxy groups -OCH3 is 1. The molecule has 0 unspecified atom stereocenters. The van der Waals surface area contributed by atoms with Gasteiger partial charge in [-0.25, -0.2) is 9.79 Å². The largest absolute Gasteiger partial charge is 0.504 e. The number of benzene rings is 3. The number of phenols is 1. The van der Waals surface area contributed by atoms with Crippen LogP contribution < -0.4 is 19.6 Å². The maximum atomic E-state index is 13.8. The highest BCUT2D eigenvalue weighted by atomic mass is 32.1. The first-order chi connectivity index (χ1) is 17.4. The van der Waals surface area contributed by atoms with E-state index in [9.17, 15) is 14.7 Å². The van der Waals surface area contributed by atoms with Crippen LogP contribution in [0.4, 0.5) is 0 Å². The third-order valence-electron chi connectivity index (χ3n) is 6.14. The Morgan fingerprint density at radius 1 is 1.17 bits per heavy atom. The first-order valence-electron chi connectivity index (χ1n) is 11.5. The third-order valence-corrected chi connectivity index (χ3v) is 7.12. The zero-order chi connectivity index (χ0) is 25.4. The minimum Gasteiger partial charge on any atom is -0.504 e. The highest BCUT2D eigenvalue weighted by Crippen LogP contribution is 2.35. The number of aromatic hydroxyl groups is 1. The summed E-state index contributed by atoms with van der Waals surface area (Å²) in [6, 6.07) is 17.9. The van der Waals surface area contributed by atoms with Crippen molar-refractivity contribution in [3.63, 3.8) is 0 Å². The molecule has 0 spiro atoms. The molecule has 4 aromatic rings. The number of phenolic OH excluding ortho intramolecular Hbond substituents is 1. The normalized spacial score (nSPS) is 15.5. The molecule has 1 aliphatic rings. The highest BCUT2D eigenvalue weighted by molar-refractivity contribution is 7.07. The maximum absolute atomic E-state index is 13.8. The Bertz CT molecular complexity index is 1710. The lowest BCUT2D eigenvalue weighted by Crippen LogP contribution is -2.40. The van der Waals surface area contributed by atoms with Gasteiger partial charge in [0.15, 0.2) is 16.3 Å². The Labute approximate surface area is 210 Å². The van der Waals surface area contributed by atoms with Gasteiger partial charge in [0.2, 0.25) is 0 Å². The van der Waals surface area contributed by atoms with Gasteiger partial charge < -0.3 is 14.6 Å². The molecular formula is C28H24N2O5S. The van der Waals surface area contributed by atoms with E-state index in [1.54, 1.807) is 36.6 Å². The molecule has 8 heteroatoms. The third kappa shape index (κ3) is 3.99. The van der Waals surface area contributed by atoms with E-state index >= 15 is 0 Å². The fourth-order valence-corrected chi connectivity index (χ4v) is 5.56. The van der Waals surface area contributed by atoms with Crippen LogP contribution in [0.25, 0.3) is 16.8 Å². The quantitative estimate of drug-likeness (QED) is 0.423. The zero-order valence-electron chi connectivity index (χ0n) is 20.0. The lowest BCUT2D eigenvalue weighted by molar-refractivity contribution is -0.139. The molecule has 1 N–H and O–H groups in total. The summed E-state index contributed by atoms with van der Waals surface area (Å²) < 4.78 is 12.6. The van der Waals surface area contributed by atoms with E-state index in [0.29, 0.717) is 31.9 Å². The second-order valence-corrected chi connectivity index (χ2v) is 9.31. The van der Waals surface area contributed by atoms with Gasteiger partial charge in [0.25, 0.3) is 5.56 Å². The van der Waals surface area contributed by atoms with Gasteiger partial charge in [-0.1, -0.05) is 59.9 Å². The SMILES string of the molecule is CCOC(=O)C1=C(C)N=c2s/c(=C/c3ccc(O)c(OC)c3)c(=O)n2[C@H]1c1cccc2ccccc12. The Morgan fingerprint density at radius 2 is 1.94 bits per heavy atom. The summed E-state index contributed by atoms with van der Waals surface area (Å²) in [4.78, 5) is 32.1. The van der Waals surface area contributed by atoms with E-state index in [2.05, 4.69) is 4.99 Å². The van der Waals surface area contributed by atoms with Crippen molar-refractivity contribution < 1.29 is 19.4 Å². The van der Waals surface area contributed by atoms with Crippen molar-refractivity contribution in [1.82, 2.24) is 4.57 Å². The van der Waals surface area contributed by atoms with Crippen molar-refractivity contribution in [3.8, 4) is 11.5 Å². The maximum Gasteiger partial charge on any atom is 0.338 e. The fraction of sp³-hybridized carbons (Fsp3) is 0.179. The molecule has 1 aliphatic heterocycles. The van der Waals surface area contributed by atoms with Gasteiger partial charge in [-0.3, -0.25) is 9.36 Å². The summed E-state index contributed by atoms with van der Waals surface area (Å²) in [6.45, 7) is 3.74. The number of fused-ring (bicyclic) bond motifs is 2. The van der Waals surface area contributed by atoms with Crippen LogP contribution in [0, 0.1) is 0 Å². The van der Waals surface area contributed by atoms with Gasteiger partial charge in [0.05, 0.1) is 35.6 Å². The number of ether oxygens (including phenoxy) is 2. The van der Waals surface area contributed by atoms with Crippen LogP contribution in [0.3, 0.4) is 0 Å². The summed E-state index contributed by atoms with van der Waals surface area (Å²) in [5.41, 5.74) is 2.12. The minimum absolute atomic E-state index is 0.0155. The van der Waals surface area contributed by atoms with Crippen molar-refractivity contribution in [1.29, 1.82) is 0 Å². The second-order valence-electron chi connectivity index (χ2n) is 8.30. The van der Waals surface area contributed by atoms with Crippen LogP contribution in [-0.2, 0) is 9.53 Å². The van der Waals surface area contributed by atoms with E-state index in [4.69, 9.17) is 9.47 Å². The van der Waals surface area contributed by atoms with Crippen LogP contribution in [0.2, 0.25) is 0 Å². The van der Waals surface area contributed by atoms with Gasteiger partial charge in [-0.15, -0.1) is 0 Å². The van der Waals surface area contributed by atoms with Gasteiger partial charge in [0, 0.05) is 0 Å². The molecule has 0 radical (unpaired) electrons. The molecule has 2 heterocycles. The lowest BCUT2D eigenvalue weighted by atomic mass is 9.91. The molecule has 3 aromatic carbocycles. The van der Waals surface area contributed by atoms with Crippen LogP contribution in [0.5, 0.6) is 11.5 Å². The van der Waals surface area contributed by atoms with E-state index in [-0.39, 0.29) is 17.9 Å². The molecule has 0 saturated carbocycles. The monoisotopic (exact) mass is 500 g/mol. The molecule has 182 valence electrons. The van der Waals surface area contributed by atoms with Gasteiger partial charge >= 0.3 is 5.97 Å². The Kier molecular flexibility index (Phi) is 6.20. The number of hydrogen-bond donors (Lipinski definition) is 1. The number of esters is 1. The molecule has 0 fully saturated rings. The van der Waals surface area contributed by atoms with Crippen molar-refractivity contribution in [3.05, 3.63) is 103 Å². The average molecular weight is 501 g/mol. The topological polar surface area (TPSA) is 90.1 Å². The van der Waals surface area contributed by atoms with Crippen molar-refractivity contribution >= 4 is 34.2 Å². The number of nitrogens with zero attached hydrogens (tertiary/aromatic N) is 2. The highest BCUT2D eigenvalue weighted by Gasteiger charge is 2.34. The smallest absolute Gasteiger partial charge is 0.338 e. The lowest BCUT2D eigenvalue weighted by Gasteiger charge is -2.25. The van der Waals surface area contributed by atoms with Crippen molar-refractivity contribution in [2.24, 2.45) is 4.99 Å². The van der Waals surface area contributed by atoms with Crippen LogP contribution >= 0.6 is 11.3 Å². The predicted octanol–water partition coefficient (Wildman–Crippen LogP) is 3.67. The van der Waals surface area contributed by atoms with Crippen molar-refractivity contribution in [2.75, 3.05) is 13.7 Å². The first kappa shape index (κ1) is 23.6. The second kappa shape index (κ2) is 9.47. The summed E-state index contributed by atoms with van der Waals surface area (Å²) in [5, 5.41) is 11.9. The van der Waals surface area contributed by atoms with Gasteiger partial charge in [-0.2, -0.15) is 0 Å². The first-order valence-corrected chi connectivity index (χ1v) is 12.3. The summed E-state index contributed by atoms with van der Waals surface area (Å²) in [7, 11) is 1.47. The van der Waals surface area contributed by atoms with Crippen LogP contribution in [0.1, 0.15) is 31.0 Å². The van der Waals surface area contributed by atoms with Crippen LogP contribution in [0.15, 0.2) is 81.7 Å². The number of thiazole rings is 1. The number of carbonyl (C=O) groups excluding carboxylic acids is 1. The molecule has 0 bridgehead atoms. The average Bonchev–Trinajstić information content (AvgIpc) is 3.18. The standard InChI is InChI=1S/C28H24N2O5S/c1-4-35-27(33)24-16(2)29-28-30(25(24)20-11-7-9-18-8-5-6-10-19(18)20)26(32)23(36-28)15-17-12-13-21(31)22(14-17)34-3/h5-15,25,31H,4H2,1-3H3/b23-15+/t25-/m0/s1. The van der Waals surface area contributed by atoms with Crippen LogP contribution in [-0.4, -0.2) is 29.4 Å². The molecular weight excluding hydrogens is 476 g/mol. The summed E-state index contributed by atoms with van der Waals surface area (Å²) >= 11 is 1.25. The van der Waals surface area contributed by atoms with Gasteiger partial charge in [0.1, 0.15) is 0 Å².